The first kappa shape index (κ1) is 11.4. The van der Waals surface area contributed by atoms with Crippen LogP contribution in [0.15, 0.2) is 34.1 Å². The molecule has 3 nitrogen and oxygen atoms in total. The third-order valence-corrected chi connectivity index (χ3v) is 4.38. The van der Waals surface area contributed by atoms with Crippen molar-refractivity contribution in [3.05, 3.63) is 34.7 Å². The van der Waals surface area contributed by atoms with Gasteiger partial charge in [0.2, 0.25) is 9.84 Å². The molecule has 1 N–H and O–H groups in total. The van der Waals surface area contributed by atoms with Crippen molar-refractivity contribution in [1.29, 1.82) is 0 Å². The Morgan fingerprint density at radius 2 is 1.88 bits per heavy atom. The van der Waals surface area contributed by atoms with Gasteiger partial charge in [-0.2, -0.15) is 0 Å². The molecule has 1 aromatic carbocycles. The van der Waals surface area contributed by atoms with Gasteiger partial charge in [0.25, 0.3) is 0 Å². The average Bonchev–Trinajstić information content (AvgIpc) is 2.37. The third kappa shape index (κ3) is 1.90. The molecule has 0 radical (unpaired) electrons. The summed E-state index contributed by atoms with van der Waals surface area (Å²) in [5, 5.41) is 9.68. The molecular weight excluding hydrogens is 224 g/mol. The lowest BCUT2D eigenvalue weighted by Gasteiger charge is -2.17. The van der Waals surface area contributed by atoms with Gasteiger partial charge in [-0.3, -0.25) is 0 Å². The van der Waals surface area contributed by atoms with Gasteiger partial charge in [0.15, 0.2) is 0 Å². The summed E-state index contributed by atoms with van der Waals surface area (Å²) in [5.74, 6) is 0. The second kappa shape index (κ2) is 3.43. The Kier molecular flexibility index (Phi) is 2.44. The number of aliphatic hydroxyl groups is 1. The Balaban J connectivity index is 2.48. The first-order valence-electron chi connectivity index (χ1n) is 5.08. The smallest absolute Gasteiger partial charge is 0.203 e. The molecule has 0 aromatic heterocycles. The first-order chi connectivity index (χ1) is 7.31. The maximum atomic E-state index is 12.1. The van der Waals surface area contributed by atoms with Crippen LogP contribution in [0.25, 0.3) is 6.08 Å². The minimum Gasteiger partial charge on any atom is -0.390 e. The third-order valence-electron chi connectivity index (χ3n) is 2.48. The predicted octanol–water partition coefficient (Wildman–Crippen LogP) is 1.98. The van der Waals surface area contributed by atoms with Crippen LogP contribution in [0.3, 0.4) is 0 Å². The standard InChI is InChI=1S/C12H14O3S/c1-12(2,13)8-10-7-9-5-3-4-6-11(9)16(10,14)15/h3-7,13H,8H2,1-2H3. The van der Waals surface area contributed by atoms with Crippen molar-refractivity contribution < 1.29 is 13.5 Å². The largest absolute Gasteiger partial charge is 0.390 e. The highest BCUT2D eigenvalue weighted by molar-refractivity contribution is 7.95. The molecule has 0 aliphatic carbocycles. The lowest BCUT2D eigenvalue weighted by Crippen LogP contribution is -2.21. The summed E-state index contributed by atoms with van der Waals surface area (Å²) in [7, 11) is -3.38. The van der Waals surface area contributed by atoms with E-state index in [0.29, 0.717) is 15.4 Å². The van der Waals surface area contributed by atoms with Crippen molar-refractivity contribution >= 4 is 15.9 Å². The lowest BCUT2D eigenvalue weighted by molar-refractivity contribution is 0.0829. The van der Waals surface area contributed by atoms with E-state index in [4.69, 9.17) is 0 Å². The zero-order valence-corrected chi connectivity index (χ0v) is 10.1. The molecule has 1 heterocycles. The normalized spacial score (nSPS) is 18.1. The molecule has 0 amide bonds. The van der Waals surface area contributed by atoms with Crippen molar-refractivity contribution in [2.45, 2.75) is 30.8 Å². The van der Waals surface area contributed by atoms with Gasteiger partial charge in [-0.05, 0) is 31.6 Å². The zero-order chi connectivity index (χ0) is 12.0. The number of rotatable bonds is 2. The molecule has 4 heteroatoms. The fourth-order valence-electron chi connectivity index (χ4n) is 1.81. The van der Waals surface area contributed by atoms with Crippen LogP contribution in [0.4, 0.5) is 0 Å². The van der Waals surface area contributed by atoms with E-state index in [1.807, 2.05) is 0 Å². The minimum atomic E-state index is -3.38. The van der Waals surface area contributed by atoms with Crippen LogP contribution >= 0.6 is 0 Å². The van der Waals surface area contributed by atoms with Gasteiger partial charge in [-0.25, -0.2) is 8.42 Å². The van der Waals surface area contributed by atoms with Gasteiger partial charge in [0.05, 0.1) is 15.4 Å². The number of benzene rings is 1. The summed E-state index contributed by atoms with van der Waals surface area (Å²) < 4.78 is 24.2. The van der Waals surface area contributed by atoms with Crippen molar-refractivity contribution in [3.8, 4) is 0 Å². The molecule has 1 aliphatic heterocycles. The van der Waals surface area contributed by atoms with Crippen molar-refractivity contribution in [2.24, 2.45) is 0 Å². The van der Waals surface area contributed by atoms with Crippen LogP contribution in [0.2, 0.25) is 0 Å². The molecule has 0 fully saturated rings. The molecule has 0 bridgehead atoms. The van der Waals surface area contributed by atoms with Gasteiger partial charge in [-0.1, -0.05) is 18.2 Å². The van der Waals surface area contributed by atoms with Gasteiger partial charge < -0.3 is 5.11 Å². The molecule has 0 saturated heterocycles. The SMILES string of the molecule is CC(C)(O)CC1=Cc2ccccc2S1(=O)=O. The summed E-state index contributed by atoms with van der Waals surface area (Å²) >= 11 is 0. The van der Waals surface area contributed by atoms with Gasteiger partial charge >= 0.3 is 0 Å². The van der Waals surface area contributed by atoms with Gasteiger partial charge in [0.1, 0.15) is 0 Å². The van der Waals surface area contributed by atoms with E-state index in [0.717, 1.165) is 0 Å². The Morgan fingerprint density at radius 3 is 2.44 bits per heavy atom. The summed E-state index contributed by atoms with van der Waals surface area (Å²) in [6, 6.07) is 6.87. The first-order valence-corrected chi connectivity index (χ1v) is 6.56. The number of hydrogen-bond acceptors (Lipinski definition) is 3. The van der Waals surface area contributed by atoms with E-state index in [9.17, 15) is 13.5 Å². The topological polar surface area (TPSA) is 54.4 Å². The number of sulfone groups is 1. The fraction of sp³-hybridized carbons (Fsp3) is 0.333. The maximum absolute atomic E-state index is 12.1. The highest BCUT2D eigenvalue weighted by Gasteiger charge is 2.32. The van der Waals surface area contributed by atoms with Crippen LogP contribution in [-0.4, -0.2) is 19.1 Å². The molecular formula is C12H14O3S. The Bertz CT molecular complexity index is 548. The predicted molar refractivity (Wildman–Crippen MR) is 62.5 cm³/mol. The zero-order valence-electron chi connectivity index (χ0n) is 9.27. The van der Waals surface area contributed by atoms with Gasteiger partial charge in [-0.15, -0.1) is 0 Å². The fourth-order valence-corrected chi connectivity index (χ4v) is 3.61. The van der Waals surface area contributed by atoms with E-state index >= 15 is 0 Å². The van der Waals surface area contributed by atoms with Crippen LogP contribution in [0.5, 0.6) is 0 Å². The number of fused-ring (bicyclic) bond motifs is 1. The lowest BCUT2D eigenvalue weighted by atomic mass is 10.0. The monoisotopic (exact) mass is 238 g/mol. The van der Waals surface area contributed by atoms with Crippen LogP contribution in [-0.2, 0) is 9.84 Å². The van der Waals surface area contributed by atoms with E-state index in [2.05, 4.69) is 0 Å². The van der Waals surface area contributed by atoms with Crippen molar-refractivity contribution in [1.82, 2.24) is 0 Å². The highest BCUT2D eigenvalue weighted by Crippen LogP contribution is 2.36. The Hall–Kier alpha value is -1.13. The maximum Gasteiger partial charge on any atom is 0.203 e. The Morgan fingerprint density at radius 1 is 1.25 bits per heavy atom. The van der Waals surface area contributed by atoms with E-state index in [-0.39, 0.29) is 6.42 Å². The molecule has 86 valence electrons. The van der Waals surface area contributed by atoms with Crippen LogP contribution in [0, 0.1) is 0 Å². The Labute approximate surface area is 95.3 Å². The average molecular weight is 238 g/mol. The number of hydrogen-bond donors (Lipinski definition) is 1. The summed E-state index contributed by atoms with van der Waals surface area (Å²) in [6.45, 7) is 3.21. The second-order valence-electron chi connectivity index (χ2n) is 4.64. The summed E-state index contributed by atoms with van der Waals surface area (Å²) in [6.07, 6.45) is 1.78. The molecule has 0 saturated carbocycles. The highest BCUT2D eigenvalue weighted by atomic mass is 32.2. The second-order valence-corrected chi connectivity index (χ2v) is 6.61. The molecule has 0 unspecified atom stereocenters. The quantitative estimate of drug-likeness (QED) is 0.857. The van der Waals surface area contributed by atoms with Crippen molar-refractivity contribution in [2.75, 3.05) is 0 Å². The molecule has 1 aliphatic rings. The van der Waals surface area contributed by atoms with Crippen LogP contribution < -0.4 is 0 Å². The molecule has 0 atom stereocenters. The molecule has 0 spiro atoms. The van der Waals surface area contributed by atoms with Crippen molar-refractivity contribution in [3.63, 3.8) is 0 Å². The molecule has 16 heavy (non-hydrogen) atoms. The molecule has 2 rings (SSSR count). The van der Waals surface area contributed by atoms with Crippen LogP contribution in [0.1, 0.15) is 25.8 Å². The van der Waals surface area contributed by atoms with E-state index in [1.165, 1.54) is 0 Å². The molecule has 1 aromatic rings. The van der Waals surface area contributed by atoms with E-state index in [1.54, 1.807) is 44.2 Å². The van der Waals surface area contributed by atoms with Gasteiger partial charge in [0, 0.05) is 6.42 Å². The minimum absolute atomic E-state index is 0.143. The summed E-state index contributed by atoms with van der Waals surface area (Å²) in [5.41, 5.74) is -0.303. The van der Waals surface area contributed by atoms with E-state index < -0.39 is 15.4 Å². The summed E-state index contributed by atoms with van der Waals surface area (Å²) in [4.78, 5) is 0.635.